The second kappa shape index (κ2) is 8.85. The monoisotopic (exact) mass is 373 g/mol. The molecule has 148 valence electrons. The number of benzene rings is 1. The van der Waals surface area contributed by atoms with Crippen molar-refractivity contribution in [2.24, 2.45) is 5.73 Å². The number of rotatable bonds is 7. The second-order valence-electron chi connectivity index (χ2n) is 6.20. The second-order valence-corrected chi connectivity index (χ2v) is 6.20. The van der Waals surface area contributed by atoms with Gasteiger partial charge in [-0.25, -0.2) is 0 Å². The highest BCUT2D eigenvalue weighted by Crippen LogP contribution is 2.38. The lowest BCUT2D eigenvalue weighted by Gasteiger charge is -2.42. The van der Waals surface area contributed by atoms with Crippen LogP contribution in [0.3, 0.4) is 0 Å². The fourth-order valence-electron chi connectivity index (χ4n) is 3.13. The smallest absolute Gasteiger partial charge is 0.203 e. The molecule has 0 spiro atoms. The van der Waals surface area contributed by atoms with Crippen LogP contribution < -0.4 is 19.9 Å². The average molecular weight is 373 g/mol. The predicted octanol–water partition coefficient (Wildman–Crippen LogP) is -1.58. The summed E-state index contributed by atoms with van der Waals surface area (Å²) in [6, 6.07) is 2.74. The van der Waals surface area contributed by atoms with Crippen LogP contribution in [0.5, 0.6) is 17.2 Å². The fraction of sp³-hybridized carbons (Fsp3) is 0.647. The molecule has 1 unspecified atom stereocenters. The topological polar surface area (TPSA) is 144 Å². The van der Waals surface area contributed by atoms with Crippen molar-refractivity contribution in [3.05, 3.63) is 17.7 Å². The van der Waals surface area contributed by atoms with Crippen LogP contribution in [0.2, 0.25) is 0 Å². The molecule has 1 fully saturated rings. The quantitative estimate of drug-likeness (QED) is 0.383. The molecule has 1 aliphatic rings. The molecule has 0 bridgehead atoms. The predicted molar refractivity (Wildman–Crippen MR) is 91.5 cm³/mol. The molecule has 9 nitrogen and oxygen atoms in total. The first-order valence-electron chi connectivity index (χ1n) is 8.22. The standard InChI is InChI=1S/C17H27NO8/c1-23-10-5-8(6-11(24-2)17(10)25-3)4-9(18)16-15(22)14(21)13(20)12(7-19)26-16/h5-6,9,12-16,19-22H,4,7,18H2,1-3H3/t9?,12-,13-,14+,15-,16+/m1/s1. The van der Waals surface area contributed by atoms with Gasteiger partial charge in [-0.15, -0.1) is 0 Å². The van der Waals surface area contributed by atoms with Crippen molar-refractivity contribution in [1.29, 1.82) is 0 Å². The van der Waals surface area contributed by atoms with E-state index in [0.717, 1.165) is 5.56 Å². The summed E-state index contributed by atoms with van der Waals surface area (Å²) in [5, 5.41) is 39.2. The summed E-state index contributed by atoms with van der Waals surface area (Å²) in [5.74, 6) is 1.37. The van der Waals surface area contributed by atoms with Gasteiger partial charge in [0.25, 0.3) is 0 Å². The van der Waals surface area contributed by atoms with Gasteiger partial charge < -0.3 is 45.1 Å². The first-order valence-corrected chi connectivity index (χ1v) is 8.22. The molecule has 0 amide bonds. The van der Waals surface area contributed by atoms with Gasteiger partial charge in [0.1, 0.15) is 30.5 Å². The summed E-state index contributed by atoms with van der Waals surface area (Å²) in [6.45, 7) is -0.502. The third-order valence-corrected chi connectivity index (χ3v) is 4.55. The van der Waals surface area contributed by atoms with Gasteiger partial charge in [-0.2, -0.15) is 0 Å². The van der Waals surface area contributed by atoms with Crippen molar-refractivity contribution in [3.63, 3.8) is 0 Å². The lowest BCUT2D eigenvalue weighted by Crippen LogP contribution is -2.63. The van der Waals surface area contributed by atoms with Gasteiger partial charge in [-0.05, 0) is 24.1 Å². The summed E-state index contributed by atoms with van der Waals surface area (Å²) in [4.78, 5) is 0. The zero-order chi connectivity index (χ0) is 19.4. The molecular weight excluding hydrogens is 346 g/mol. The maximum absolute atomic E-state index is 10.2. The van der Waals surface area contributed by atoms with Crippen LogP contribution >= 0.6 is 0 Å². The van der Waals surface area contributed by atoms with E-state index in [1.54, 1.807) is 12.1 Å². The van der Waals surface area contributed by atoms with Gasteiger partial charge in [0.15, 0.2) is 11.5 Å². The number of aliphatic hydroxyl groups excluding tert-OH is 4. The van der Waals surface area contributed by atoms with Crippen LogP contribution in [0, 0.1) is 0 Å². The minimum Gasteiger partial charge on any atom is -0.493 e. The molecule has 0 aliphatic carbocycles. The van der Waals surface area contributed by atoms with Gasteiger partial charge in [0.2, 0.25) is 5.75 Å². The molecule has 1 saturated heterocycles. The number of nitrogens with two attached hydrogens (primary N) is 1. The van der Waals surface area contributed by atoms with Crippen molar-refractivity contribution in [1.82, 2.24) is 0 Å². The summed E-state index contributed by atoms with van der Waals surface area (Å²) >= 11 is 0. The van der Waals surface area contributed by atoms with E-state index < -0.39 is 43.2 Å². The molecule has 1 heterocycles. The van der Waals surface area contributed by atoms with Crippen LogP contribution in [0.4, 0.5) is 0 Å². The van der Waals surface area contributed by atoms with Gasteiger partial charge in [0, 0.05) is 6.04 Å². The SMILES string of the molecule is COc1cc(CC(N)[C@@H]2O[C@H](CO)[C@@H](O)[C@H](O)[C@H]2O)cc(OC)c1OC. The number of aliphatic hydroxyl groups is 4. The number of ether oxygens (including phenoxy) is 4. The Morgan fingerprint density at radius 3 is 2.04 bits per heavy atom. The highest BCUT2D eigenvalue weighted by Gasteiger charge is 2.45. The number of hydrogen-bond donors (Lipinski definition) is 5. The Morgan fingerprint density at radius 2 is 1.58 bits per heavy atom. The van der Waals surface area contributed by atoms with Crippen molar-refractivity contribution >= 4 is 0 Å². The Kier molecular flexibility index (Phi) is 7.04. The first kappa shape index (κ1) is 20.7. The lowest BCUT2D eigenvalue weighted by atomic mass is 9.89. The van der Waals surface area contributed by atoms with Crippen molar-refractivity contribution in [3.8, 4) is 17.2 Å². The van der Waals surface area contributed by atoms with Gasteiger partial charge in [-0.1, -0.05) is 0 Å². The molecule has 2 rings (SSSR count). The zero-order valence-electron chi connectivity index (χ0n) is 15.0. The maximum Gasteiger partial charge on any atom is 0.203 e. The van der Waals surface area contributed by atoms with E-state index >= 15 is 0 Å². The normalized spacial score (nSPS) is 29.9. The average Bonchev–Trinajstić information content (AvgIpc) is 2.65. The molecule has 1 aromatic carbocycles. The zero-order valence-corrected chi connectivity index (χ0v) is 15.0. The molecule has 26 heavy (non-hydrogen) atoms. The van der Waals surface area contributed by atoms with E-state index in [-0.39, 0.29) is 6.42 Å². The van der Waals surface area contributed by atoms with E-state index in [1.807, 2.05) is 0 Å². The highest BCUT2D eigenvalue weighted by atomic mass is 16.5. The summed E-state index contributed by atoms with van der Waals surface area (Å²) in [7, 11) is 4.50. The fourth-order valence-corrected chi connectivity index (χ4v) is 3.13. The molecule has 6 atom stereocenters. The van der Waals surface area contributed by atoms with Crippen LogP contribution in [-0.2, 0) is 11.2 Å². The largest absolute Gasteiger partial charge is 0.493 e. The van der Waals surface area contributed by atoms with Crippen molar-refractivity contribution in [2.45, 2.75) is 43.0 Å². The molecule has 0 radical (unpaired) electrons. The molecular formula is C17H27NO8. The Morgan fingerprint density at radius 1 is 1.00 bits per heavy atom. The third kappa shape index (κ3) is 4.03. The molecule has 1 aliphatic heterocycles. The van der Waals surface area contributed by atoms with E-state index in [0.29, 0.717) is 17.2 Å². The van der Waals surface area contributed by atoms with E-state index in [2.05, 4.69) is 0 Å². The Bertz CT molecular complexity index is 571. The van der Waals surface area contributed by atoms with Crippen LogP contribution in [-0.4, -0.2) is 84.9 Å². The Labute approximate surface area is 151 Å². The van der Waals surface area contributed by atoms with Crippen LogP contribution in [0.15, 0.2) is 12.1 Å². The van der Waals surface area contributed by atoms with Gasteiger partial charge >= 0.3 is 0 Å². The third-order valence-electron chi connectivity index (χ3n) is 4.55. The summed E-state index contributed by atoms with van der Waals surface area (Å²) in [6.07, 6.45) is -5.96. The number of hydrogen-bond acceptors (Lipinski definition) is 9. The van der Waals surface area contributed by atoms with E-state index in [4.69, 9.17) is 24.7 Å². The van der Waals surface area contributed by atoms with Crippen LogP contribution in [0.1, 0.15) is 5.56 Å². The van der Waals surface area contributed by atoms with Crippen LogP contribution in [0.25, 0.3) is 0 Å². The van der Waals surface area contributed by atoms with E-state index in [9.17, 15) is 20.4 Å². The Hall–Kier alpha value is -1.62. The first-order chi connectivity index (χ1) is 12.4. The Balaban J connectivity index is 2.22. The molecule has 9 heteroatoms. The lowest BCUT2D eigenvalue weighted by molar-refractivity contribution is -0.233. The molecule has 1 aromatic rings. The molecule has 0 aromatic heterocycles. The van der Waals surface area contributed by atoms with E-state index in [1.165, 1.54) is 21.3 Å². The van der Waals surface area contributed by atoms with Crippen molar-refractivity contribution < 1.29 is 39.4 Å². The summed E-state index contributed by atoms with van der Waals surface area (Å²) in [5.41, 5.74) is 6.92. The highest BCUT2D eigenvalue weighted by molar-refractivity contribution is 5.54. The minimum absolute atomic E-state index is 0.263. The molecule has 6 N–H and O–H groups in total. The molecule has 0 saturated carbocycles. The number of methoxy groups -OCH3 is 3. The minimum atomic E-state index is -1.46. The van der Waals surface area contributed by atoms with Gasteiger partial charge in [0.05, 0.1) is 27.9 Å². The summed E-state index contributed by atoms with van der Waals surface area (Å²) < 4.78 is 21.4. The van der Waals surface area contributed by atoms with Crippen molar-refractivity contribution in [2.75, 3.05) is 27.9 Å². The maximum atomic E-state index is 10.2. The van der Waals surface area contributed by atoms with Gasteiger partial charge in [-0.3, -0.25) is 0 Å².